The van der Waals surface area contributed by atoms with E-state index in [9.17, 15) is 20.0 Å². The Balaban J connectivity index is 1.67. The third-order valence-corrected chi connectivity index (χ3v) is 6.20. The van der Waals surface area contributed by atoms with E-state index in [1.807, 2.05) is 56.3 Å². The monoisotopic (exact) mass is 469 g/mol. The number of nitrogens with one attached hydrogen (secondary N) is 1. The lowest BCUT2D eigenvalue weighted by Gasteiger charge is -2.10. The minimum Gasteiger partial charge on any atom is -0.508 e. The highest BCUT2D eigenvalue weighted by molar-refractivity contribution is 6.03. The van der Waals surface area contributed by atoms with E-state index in [-0.39, 0.29) is 17.3 Å². The summed E-state index contributed by atoms with van der Waals surface area (Å²) in [5.74, 6) is 0.0147. The number of amides is 1. The van der Waals surface area contributed by atoms with Gasteiger partial charge in [-0.15, -0.1) is 0 Å². The number of non-ortho nitro benzene ring substituents is 1. The van der Waals surface area contributed by atoms with Gasteiger partial charge in [0.25, 0.3) is 11.6 Å². The van der Waals surface area contributed by atoms with Gasteiger partial charge in [-0.25, -0.2) is 0 Å². The van der Waals surface area contributed by atoms with Crippen LogP contribution in [0.5, 0.6) is 5.75 Å². The van der Waals surface area contributed by atoms with Crippen LogP contribution in [0.15, 0.2) is 78.9 Å². The van der Waals surface area contributed by atoms with Gasteiger partial charge >= 0.3 is 0 Å². The van der Waals surface area contributed by atoms with Crippen molar-refractivity contribution in [3.63, 3.8) is 0 Å². The average Bonchev–Trinajstić information content (AvgIpc) is 3.10. The number of benzene rings is 3. The van der Waals surface area contributed by atoms with Crippen molar-refractivity contribution in [3.8, 4) is 16.9 Å². The summed E-state index contributed by atoms with van der Waals surface area (Å²) >= 11 is 0. The highest BCUT2D eigenvalue weighted by Crippen LogP contribution is 2.34. The van der Waals surface area contributed by atoms with Crippen LogP contribution in [-0.2, 0) is 13.0 Å². The first kappa shape index (κ1) is 23.8. The molecule has 7 nitrogen and oxygen atoms in total. The molecule has 0 aliphatic carbocycles. The topological polar surface area (TPSA) is 97.4 Å². The molecular formula is C28H27N3O4. The highest BCUT2D eigenvalue weighted by atomic mass is 16.6. The van der Waals surface area contributed by atoms with E-state index in [2.05, 4.69) is 9.88 Å². The number of carbonyl (C=O) groups excluding carboxylic acids is 1. The third-order valence-electron chi connectivity index (χ3n) is 6.20. The van der Waals surface area contributed by atoms with Gasteiger partial charge in [-0.05, 0) is 61.2 Å². The molecule has 3 aromatic carbocycles. The van der Waals surface area contributed by atoms with Crippen molar-refractivity contribution >= 4 is 11.6 Å². The quantitative estimate of drug-likeness (QED) is 0.266. The maximum absolute atomic E-state index is 13.4. The minimum atomic E-state index is -0.431. The van der Waals surface area contributed by atoms with E-state index in [1.54, 1.807) is 24.3 Å². The Kier molecular flexibility index (Phi) is 6.96. The van der Waals surface area contributed by atoms with E-state index in [1.165, 1.54) is 12.1 Å². The van der Waals surface area contributed by atoms with Crippen LogP contribution in [0.3, 0.4) is 0 Å². The first-order chi connectivity index (χ1) is 16.8. The predicted octanol–water partition coefficient (Wildman–Crippen LogP) is 5.41. The number of phenolic OH excluding ortho intramolecular Hbond substituents is 1. The maximum Gasteiger partial charge on any atom is 0.269 e. The molecule has 4 aromatic rings. The van der Waals surface area contributed by atoms with Crippen LogP contribution in [0.25, 0.3) is 11.1 Å². The minimum absolute atomic E-state index is 0.00624. The van der Waals surface area contributed by atoms with Crippen LogP contribution in [0.2, 0.25) is 0 Å². The zero-order valence-corrected chi connectivity index (χ0v) is 19.7. The van der Waals surface area contributed by atoms with Gasteiger partial charge in [0.1, 0.15) is 5.75 Å². The molecule has 1 heterocycles. The number of nitrogens with zero attached hydrogens (tertiary/aromatic N) is 2. The standard InChI is InChI=1S/C28H27N3O4/c1-19-26(23-10-12-24(13-11-23)31(34)35)27(20(2)30(19)18-22-6-4-3-5-7-22)28(33)29-17-16-21-8-14-25(32)15-9-21/h3-15,32H,16-18H2,1-2H3,(H,29,33). The smallest absolute Gasteiger partial charge is 0.269 e. The van der Waals surface area contributed by atoms with E-state index >= 15 is 0 Å². The van der Waals surface area contributed by atoms with Crippen LogP contribution < -0.4 is 5.32 Å². The molecule has 0 unspecified atom stereocenters. The number of hydrogen-bond acceptors (Lipinski definition) is 4. The number of nitro groups is 1. The van der Waals surface area contributed by atoms with Crippen molar-refractivity contribution in [2.24, 2.45) is 0 Å². The lowest BCUT2D eigenvalue weighted by molar-refractivity contribution is -0.384. The molecule has 35 heavy (non-hydrogen) atoms. The van der Waals surface area contributed by atoms with Crippen LogP contribution in [-0.4, -0.2) is 27.0 Å². The van der Waals surface area contributed by atoms with Crippen molar-refractivity contribution in [1.29, 1.82) is 0 Å². The number of nitro benzene ring substituents is 1. The largest absolute Gasteiger partial charge is 0.508 e. The molecule has 4 rings (SSSR count). The Morgan fingerprint density at radius 1 is 0.914 bits per heavy atom. The van der Waals surface area contributed by atoms with Gasteiger partial charge in [0.05, 0.1) is 10.5 Å². The van der Waals surface area contributed by atoms with Crippen molar-refractivity contribution in [2.45, 2.75) is 26.8 Å². The third kappa shape index (κ3) is 5.24. The van der Waals surface area contributed by atoms with Crippen molar-refractivity contribution in [2.75, 3.05) is 6.54 Å². The average molecular weight is 470 g/mol. The van der Waals surface area contributed by atoms with E-state index in [0.29, 0.717) is 25.1 Å². The van der Waals surface area contributed by atoms with Gasteiger partial charge in [-0.1, -0.05) is 42.5 Å². The second-order valence-electron chi connectivity index (χ2n) is 8.47. The van der Waals surface area contributed by atoms with Crippen molar-refractivity contribution < 1.29 is 14.8 Å². The molecule has 0 saturated carbocycles. The lowest BCUT2D eigenvalue weighted by Crippen LogP contribution is -2.26. The second-order valence-corrected chi connectivity index (χ2v) is 8.47. The first-order valence-electron chi connectivity index (χ1n) is 11.4. The molecule has 0 atom stereocenters. The number of phenols is 1. The summed E-state index contributed by atoms with van der Waals surface area (Å²) in [6, 6.07) is 23.2. The number of aromatic nitrogens is 1. The lowest BCUT2D eigenvalue weighted by atomic mass is 9.99. The van der Waals surface area contributed by atoms with Gasteiger partial charge in [-0.3, -0.25) is 14.9 Å². The van der Waals surface area contributed by atoms with E-state index in [0.717, 1.165) is 33.6 Å². The summed E-state index contributed by atoms with van der Waals surface area (Å²) in [4.78, 5) is 24.1. The summed E-state index contributed by atoms with van der Waals surface area (Å²) in [7, 11) is 0. The zero-order valence-electron chi connectivity index (χ0n) is 19.7. The molecule has 1 aromatic heterocycles. The van der Waals surface area contributed by atoms with Crippen LogP contribution in [0.1, 0.15) is 32.9 Å². The summed E-state index contributed by atoms with van der Waals surface area (Å²) in [6.45, 7) is 4.95. The summed E-state index contributed by atoms with van der Waals surface area (Å²) in [5.41, 5.74) is 5.98. The fraction of sp³-hybridized carbons (Fsp3) is 0.179. The van der Waals surface area contributed by atoms with Crippen LogP contribution >= 0.6 is 0 Å². The molecule has 0 saturated heterocycles. The first-order valence-corrected chi connectivity index (χ1v) is 11.4. The number of rotatable bonds is 8. The van der Waals surface area contributed by atoms with Crippen LogP contribution in [0.4, 0.5) is 5.69 Å². The molecule has 0 bridgehead atoms. The summed E-state index contributed by atoms with van der Waals surface area (Å²) in [6.07, 6.45) is 0.627. The second kappa shape index (κ2) is 10.3. The predicted molar refractivity (Wildman–Crippen MR) is 136 cm³/mol. The highest BCUT2D eigenvalue weighted by Gasteiger charge is 2.24. The van der Waals surface area contributed by atoms with E-state index < -0.39 is 4.92 Å². The molecule has 0 spiro atoms. The maximum atomic E-state index is 13.4. The molecule has 0 fully saturated rings. The van der Waals surface area contributed by atoms with Crippen molar-refractivity contribution in [3.05, 3.63) is 117 Å². The molecule has 178 valence electrons. The van der Waals surface area contributed by atoms with Gasteiger partial charge < -0.3 is 15.0 Å². The Bertz CT molecular complexity index is 1340. The summed E-state index contributed by atoms with van der Waals surface area (Å²) < 4.78 is 2.11. The van der Waals surface area contributed by atoms with Gasteiger partial charge in [0.2, 0.25) is 0 Å². The molecule has 0 radical (unpaired) electrons. The molecule has 0 aliphatic rings. The van der Waals surface area contributed by atoms with Gasteiger partial charge in [0, 0.05) is 42.2 Å². The Morgan fingerprint density at radius 2 is 1.57 bits per heavy atom. The van der Waals surface area contributed by atoms with E-state index in [4.69, 9.17) is 0 Å². The fourth-order valence-corrected chi connectivity index (χ4v) is 4.34. The van der Waals surface area contributed by atoms with Gasteiger partial charge in [-0.2, -0.15) is 0 Å². The van der Waals surface area contributed by atoms with Gasteiger partial charge in [0.15, 0.2) is 0 Å². The molecule has 1 amide bonds. The molecule has 0 aliphatic heterocycles. The number of carbonyl (C=O) groups is 1. The SMILES string of the molecule is Cc1c(C(=O)NCCc2ccc(O)cc2)c(-c2ccc([N+](=O)[O-])cc2)c(C)n1Cc1ccccc1. The Hall–Kier alpha value is -4.39. The molecule has 7 heteroatoms. The summed E-state index contributed by atoms with van der Waals surface area (Å²) in [5, 5.41) is 23.6. The fourth-order valence-electron chi connectivity index (χ4n) is 4.34. The molecule has 2 N–H and O–H groups in total. The number of hydrogen-bond donors (Lipinski definition) is 2. The zero-order chi connectivity index (χ0) is 24.9. The van der Waals surface area contributed by atoms with Crippen LogP contribution in [0, 0.1) is 24.0 Å². The Morgan fingerprint density at radius 3 is 2.20 bits per heavy atom. The number of aromatic hydroxyl groups is 1. The normalized spacial score (nSPS) is 10.8. The Labute approximate surface area is 203 Å². The van der Waals surface area contributed by atoms with Crippen molar-refractivity contribution in [1.82, 2.24) is 9.88 Å². The molecular weight excluding hydrogens is 442 g/mol.